The van der Waals surface area contributed by atoms with Crippen LogP contribution in [0, 0.1) is 5.92 Å². The maximum absolute atomic E-state index is 12.2. The number of likely N-dealkylation sites (tertiary alicyclic amines) is 1. The van der Waals surface area contributed by atoms with Gasteiger partial charge in [-0.1, -0.05) is 48.5 Å². The molecule has 1 fully saturated rings. The summed E-state index contributed by atoms with van der Waals surface area (Å²) in [6.45, 7) is 1.00. The molecule has 3 rings (SSSR count). The fourth-order valence-electron chi connectivity index (χ4n) is 2.92. The average molecular weight is 320 g/mol. The smallest absolute Gasteiger partial charge is 0.246 e. The van der Waals surface area contributed by atoms with Gasteiger partial charge in [-0.2, -0.15) is 0 Å². The van der Waals surface area contributed by atoms with Gasteiger partial charge in [-0.25, -0.2) is 0 Å². The van der Waals surface area contributed by atoms with E-state index in [-0.39, 0.29) is 17.7 Å². The Labute approximate surface area is 141 Å². The van der Waals surface area contributed by atoms with E-state index in [1.165, 1.54) is 0 Å². The first-order valence-electron chi connectivity index (χ1n) is 8.05. The summed E-state index contributed by atoms with van der Waals surface area (Å²) >= 11 is 0. The number of amides is 2. The molecule has 0 saturated carbocycles. The fraction of sp³-hybridized carbons (Fsp3) is 0.200. The Hall–Kier alpha value is -2.88. The van der Waals surface area contributed by atoms with Gasteiger partial charge in [-0.05, 0) is 35.3 Å². The van der Waals surface area contributed by atoms with Gasteiger partial charge in [-0.3, -0.25) is 9.59 Å². The van der Waals surface area contributed by atoms with Crippen molar-refractivity contribution in [3.05, 3.63) is 66.2 Å². The molecule has 4 nitrogen and oxygen atoms in total. The zero-order chi connectivity index (χ0) is 16.9. The minimum atomic E-state index is -0.329. The summed E-state index contributed by atoms with van der Waals surface area (Å²) in [5.74, 6) is -0.627. The summed E-state index contributed by atoms with van der Waals surface area (Å²) < 4.78 is 0. The highest BCUT2D eigenvalue weighted by Crippen LogP contribution is 2.21. The molecule has 1 aliphatic rings. The number of nitrogens with zero attached hydrogens (tertiary/aromatic N) is 1. The highest BCUT2D eigenvalue weighted by molar-refractivity contribution is 5.92. The lowest BCUT2D eigenvalue weighted by Crippen LogP contribution is -2.30. The van der Waals surface area contributed by atoms with Crippen molar-refractivity contribution in [2.75, 3.05) is 13.1 Å². The van der Waals surface area contributed by atoms with Crippen molar-refractivity contribution in [3.63, 3.8) is 0 Å². The Kier molecular flexibility index (Phi) is 4.75. The summed E-state index contributed by atoms with van der Waals surface area (Å²) in [4.78, 5) is 25.1. The van der Waals surface area contributed by atoms with Crippen LogP contribution in [0.25, 0.3) is 17.2 Å². The SMILES string of the molecule is NC(=O)C1CCN(C(=O)/C=C/c2cccc(-c3ccccc3)c2)C1. The first kappa shape index (κ1) is 16.0. The van der Waals surface area contributed by atoms with E-state index in [1.807, 2.05) is 42.5 Å². The molecular weight excluding hydrogens is 300 g/mol. The van der Waals surface area contributed by atoms with Gasteiger partial charge in [0.2, 0.25) is 11.8 Å². The van der Waals surface area contributed by atoms with Crippen LogP contribution in [-0.4, -0.2) is 29.8 Å². The molecule has 0 aromatic heterocycles. The van der Waals surface area contributed by atoms with Crippen LogP contribution < -0.4 is 5.73 Å². The first-order chi connectivity index (χ1) is 11.6. The van der Waals surface area contributed by atoms with Crippen molar-refractivity contribution >= 4 is 17.9 Å². The van der Waals surface area contributed by atoms with Gasteiger partial charge in [0, 0.05) is 19.2 Å². The normalized spacial score (nSPS) is 17.3. The van der Waals surface area contributed by atoms with E-state index in [0.717, 1.165) is 16.7 Å². The van der Waals surface area contributed by atoms with Crippen molar-refractivity contribution in [1.82, 2.24) is 4.90 Å². The van der Waals surface area contributed by atoms with Crippen molar-refractivity contribution < 1.29 is 9.59 Å². The second-order valence-electron chi connectivity index (χ2n) is 6.00. The number of carbonyl (C=O) groups excluding carboxylic acids is 2. The maximum Gasteiger partial charge on any atom is 0.246 e. The van der Waals surface area contributed by atoms with Gasteiger partial charge in [0.15, 0.2) is 0 Å². The Morgan fingerprint density at radius 1 is 1.04 bits per heavy atom. The van der Waals surface area contributed by atoms with E-state index in [1.54, 1.807) is 11.0 Å². The average Bonchev–Trinajstić information content (AvgIpc) is 3.11. The molecular formula is C20H20N2O2. The van der Waals surface area contributed by atoms with E-state index in [4.69, 9.17) is 5.73 Å². The van der Waals surface area contributed by atoms with Crippen LogP contribution in [-0.2, 0) is 9.59 Å². The quantitative estimate of drug-likeness (QED) is 0.880. The lowest BCUT2D eigenvalue weighted by molar-refractivity contribution is -0.125. The molecule has 4 heteroatoms. The van der Waals surface area contributed by atoms with E-state index < -0.39 is 0 Å². The maximum atomic E-state index is 12.2. The van der Waals surface area contributed by atoms with Gasteiger partial charge >= 0.3 is 0 Å². The largest absolute Gasteiger partial charge is 0.369 e. The standard InChI is InChI=1S/C20H20N2O2/c21-20(24)18-11-12-22(14-18)19(23)10-9-15-5-4-8-17(13-15)16-6-2-1-3-7-16/h1-10,13,18H,11-12,14H2,(H2,21,24)/b10-9+. The number of hydrogen-bond acceptors (Lipinski definition) is 2. The summed E-state index contributed by atoms with van der Waals surface area (Å²) in [5.41, 5.74) is 8.52. The van der Waals surface area contributed by atoms with E-state index in [2.05, 4.69) is 18.2 Å². The van der Waals surface area contributed by atoms with Crippen LogP contribution in [0.15, 0.2) is 60.7 Å². The van der Waals surface area contributed by atoms with Crippen LogP contribution in [0.4, 0.5) is 0 Å². The second kappa shape index (κ2) is 7.13. The summed E-state index contributed by atoms with van der Waals surface area (Å²) in [5, 5.41) is 0. The number of carbonyl (C=O) groups is 2. The van der Waals surface area contributed by atoms with Gasteiger partial charge < -0.3 is 10.6 Å². The Morgan fingerprint density at radius 3 is 2.50 bits per heavy atom. The third-order valence-electron chi connectivity index (χ3n) is 4.31. The number of benzene rings is 2. The molecule has 24 heavy (non-hydrogen) atoms. The molecule has 0 bridgehead atoms. The Balaban J connectivity index is 1.69. The summed E-state index contributed by atoms with van der Waals surface area (Å²) in [7, 11) is 0. The van der Waals surface area contributed by atoms with Gasteiger partial charge in [0.05, 0.1) is 5.92 Å². The Bertz CT molecular complexity index is 768. The molecule has 1 unspecified atom stereocenters. The van der Waals surface area contributed by atoms with Crippen molar-refractivity contribution in [2.45, 2.75) is 6.42 Å². The van der Waals surface area contributed by atoms with Gasteiger partial charge in [-0.15, -0.1) is 0 Å². The Morgan fingerprint density at radius 2 is 1.79 bits per heavy atom. The third kappa shape index (κ3) is 3.71. The molecule has 2 aromatic rings. The highest BCUT2D eigenvalue weighted by Gasteiger charge is 2.28. The van der Waals surface area contributed by atoms with Crippen LogP contribution in [0.2, 0.25) is 0 Å². The number of hydrogen-bond donors (Lipinski definition) is 1. The zero-order valence-corrected chi connectivity index (χ0v) is 13.4. The highest BCUT2D eigenvalue weighted by atomic mass is 16.2. The van der Waals surface area contributed by atoms with Crippen molar-refractivity contribution in [2.24, 2.45) is 11.7 Å². The lowest BCUT2D eigenvalue weighted by Gasteiger charge is -2.13. The zero-order valence-electron chi connectivity index (χ0n) is 13.4. The molecule has 2 N–H and O–H groups in total. The van der Waals surface area contributed by atoms with E-state index in [0.29, 0.717) is 19.5 Å². The molecule has 1 saturated heterocycles. The first-order valence-corrected chi connectivity index (χ1v) is 8.05. The molecule has 2 amide bonds. The molecule has 1 aliphatic heterocycles. The monoisotopic (exact) mass is 320 g/mol. The van der Waals surface area contributed by atoms with Crippen molar-refractivity contribution in [1.29, 1.82) is 0 Å². The molecule has 0 aliphatic carbocycles. The molecule has 1 atom stereocenters. The van der Waals surface area contributed by atoms with Gasteiger partial charge in [0.1, 0.15) is 0 Å². The number of primary amides is 1. The molecule has 0 spiro atoms. The van der Waals surface area contributed by atoms with Crippen molar-refractivity contribution in [3.8, 4) is 11.1 Å². The van der Waals surface area contributed by atoms with Crippen LogP contribution in [0.3, 0.4) is 0 Å². The topological polar surface area (TPSA) is 63.4 Å². The minimum absolute atomic E-state index is 0.0798. The number of rotatable bonds is 4. The molecule has 122 valence electrons. The molecule has 2 aromatic carbocycles. The van der Waals surface area contributed by atoms with Crippen LogP contribution in [0.1, 0.15) is 12.0 Å². The second-order valence-corrected chi connectivity index (χ2v) is 6.00. The van der Waals surface area contributed by atoms with Crippen LogP contribution >= 0.6 is 0 Å². The lowest BCUT2D eigenvalue weighted by atomic mass is 10.0. The van der Waals surface area contributed by atoms with Crippen LogP contribution in [0.5, 0.6) is 0 Å². The summed E-state index contributed by atoms with van der Waals surface area (Å²) in [6, 6.07) is 18.2. The molecule has 1 heterocycles. The van der Waals surface area contributed by atoms with Gasteiger partial charge in [0.25, 0.3) is 0 Å². The fourth-order valence-corrected chi connectivity index (χ4v) is 2.92. The number of nitrogens with two attached hydrogens (primary N) is 1. The predicted octanol–water partition coefficient (Wildman–Crippen LogP) is 2.70. The van der Waals surface area contributed by atoms with E-state index >= 15 is 0 Å². The minimum Gasteiger partial charge on any atom is -0.369 e. The summed E-state index contributed by atoms with van der Waals surface area (Å²) in [6.07, 6.45) is 4.03. The van der Waals surface area contributed by atoms with E-state index in [9.17, 15) is 9.59 Å². The third-order valence-corrected chi connectivity index (χ3v) is 4.31. The molecule has 0 radical (unpaired) electrons. The predicted molar refractivity (Wildman–Crippen MR) is 94.8 cm³/mol.